The van der Waals surface area contributed by atoms with E-state index >= 15 is 0 Å². The highest BCUT2D eigenvalue weighted by molar-refractivity contribution is 6.01. The number of hydrogen-bond donors (Lipinski definition) is 3. The van der Waals surface area contributed by atoms with Gasteiger partial charge in [0.25, 0.3) is 5.91 Å². The van der Waals surface area contributed by atoms with Crippen molar-refractivity contribution in [2.24, 2.45) is 11.8 Å². The normalized spacial score (nSPS) is 16.9. The molecule has 35 heavy (non-hydrogen) atoms. The summed E-state index contributed by atoms with van der Waals surface area (Å²) in [6, 6.07) is 7.65. The van der Waals surface area contributed by atoms with E-state index in [0.29, 0.717) is 30.8 Å². The third-order valence-corrected chi connectivity index (χ3v) is 6.19. The van der Waals surface area contributed by atoms with Gasteiger partial charge in [-0.3, -0.25) is 14.4 Å². The van der Waals surface area contributed by atoms with Gasteiger partial charge in [0.2, 0.25) is 11.8 Å². The molecular weight excluding hydrogens is 446 g/mol. The molecule has 1 fully saturated rings. The first-order valence-electron chi connectivity index (χ1n) is 11.8. The van der Waals surface area contributed by atoms with Crippen LogP contribution >= 0.6 is 0 Å². The van der Waals surface area contributed by atoms with Crippen molar-refractivity contribution in [3.63, 3.8) is 0 Å². The molecule has 1 aliphatic rings. The number of H-pyrrole nitrogens is 1. The van der Waals surface area contributed by atoms with Crippen LogP contribution in [0, 0.1) is 23.2 Å². The predicted octanol–water partition coefficient (Wildman–Crippen LogP) is 2.75. The molecule has 9 heteroatoms. The van der Waals surface area contributed by atoms with Crippen molar-refractivity contribution in [1.29, 1.82) is 5.26 Å². The zero-order valence-corrected chi connectivity index (χ0v) is 20.5. The number of aromatic amines is 1. The molecule has 1 saturated heterocycles. The molecule has 1 aliphatic heterocycles. The summed E-state index contributed by atoms with van der Waals surface area (Å²) >= 11 is 0. The molecule has 2 heterocycles. The summed E-state index contributed by atoms with van der Waals surface area (Å²) in [5, 5.41) is 15.9. The summed E-state index contributed by atoms with van der Waals surface area (Å²) in [5.41, 5.74) is 1.07. The summed E-state index contributed by atoms with van der Waals surface area (Å²) in [6.07, 6.45) is 2.84. The van der Waals surface area contributed by atoms with Gasteiger partial charge in [-0.2, -0.15) is 5.26 Å². The summed E-state index contributed by atoms with van der Waals surface area (Å²) in [7, 11) is 1.57. The lowest BCUT2D eigenvalue weighted by Gasteiger charge is -2.31. The Balaban J connectivity index is 1.86. The second kappa shape index (κ2) is 11.6. The van der Waals surface area contributed by atoms with E-state index in [2.05, 4.69) is 28.3 Å². The maximum atomic E-state index is 13.6. The Morgan fingerprint density at radius 1 is 1.40 bits per heavy atom. The Kier molecular flexibility index (Phi) is 8.53. The number of nitrogens with one attached hydrogen (secondary N) is 3. The Hall–Kier alpha value is -3.80. The minimum absolute atomic E-state index is 0.101. The molecule has 3 amide bonds. The molecule has 0 unspecified atom stereocenters. The molecule has 3 rings (SSSR count). The van der Waals surface area contributed by atoms with Crippen LogP contribution < -0.4 is 15.4 Å². The number of benzene rings is 1. The number of fused-ring (bicyclic) bond motifs is 1. The first kappa shape index (κ1) is 25.8. The molecule has 0 bridgehead atoms. The number of ether oxygens (including phenoxy) is 1. The van der Waals surface area contributed by atoms with Gasteiger partial charge in [0.15, 0.2) is 0 Å². The van der Waals surface area contributed by atoms with E-state index < -0.39 is 18.0 Å². The number of aromatic nitrogens is 1. The zero-order chi connectivity index (χ0) is 25.5. The molecule has 0 spiro atoms. The summed E-state index contributed by atoms with van der Waals surface area (Å²) in [6.45, 7) is 8.43. The van der Waals surface area contributed by atoms with Gasteiger partial charge in [-0.05, 0) is 43.4 Å². The molecule has 0 saturated carbocycles. The van der Waals surface area contributed by atoms with Gasteiger partial charge >= 0.3 is 0 Å². The van der Waals surface area contributed by atoms with Gasteiger partial charge in [0.1, 0.15) is 23.5 Å². The van der Waals surface area contributed by atoms with Gasteiger partial charge in [-0.15, -0.1) is 6.58 Å². The Labute approximate surface area is 205 Å². The monoisotopic (exact) mass is 479 g/mol. The molecule has 3 atom stereocenters. The smallest absolute Gasteiger partial charge is 0.271 e. The quantitative estimate of drug-likeness (QED) is 0.427. The number of rotatable bonds is 11. The Bertz CT molecular complexity index is 1130. The summed E-state index contributed by atoms with van der Waals surface area (Å²) in [4.78, 5) is 43.6. The van der Waals surface area contributed by atoms with E-state index in [4.69, 9.17) is 4.74 Å². The van der Waals surface area contributed by atoms with Crippen LogP contribution in [0.15, 0.2) is 36.9 Å². The molecule has 0 radical (unpaired) electrons. The van der Waals surface area contributed by atoms with E-state index in [1.54, 1.807) is 19.3 Å². The van der Waals surface area contributed by atoms with Crippen molar-refractivity contribution in [1.82, 2.24) is 20.5 Å². The van der Waals surface area contributed by atoms with E-state index in [1.807, 2.05) is 32.0 Å². The highest BCUT2D eigenvalue weighted by Crippen LogP contribution is 2.27. The van der Waals surface area contributed by atoms with Gasteiger partial charge in [0.05, 0.1) is 13.2 Å². The van der Waals surface area contributed by atoms with Crippen molar-refractivity contribution in [3.8, 4) is 11.8 Å². The molecule has 0 aliphatic carbocycles. The first-order valence-corrected chi connectivity index (χ1v) is 11.8. The van der Waals surface area contributed by atoms with Crippen LogP contribution in [0.3, 0.4) is 0 Å². The molecule has 186 valence electrons. The predicted molar refractivity (Wildman–Crippen MR) is 133 cm³/mol. The molecule has 3 N–H and O–H groups in total. The van der Waals surface area contributed by atoms with E-state index in [9.17, 15) is 19.6 Å². The highest BCUT2D eigenvalue weighted by Gasteiger charge is 2.34. The second-order valence-corrected chi connectivity index (χ2v) is 9.20. The third kappa shape index (κ3) is 6.01. The van der Waals surface area contributed by atoms with E-state index in [0.717, 1.165) is 10.9 Å². The number of carbonyl (C=O) groups is 3. The van der Waals surface area contributed by atoms with Crippen LogP contribution in [0.2, 0.25) is 0 Å². The average molecular weight is 480 g/mol. The maximum Gasteiger partial charge on any atom is 0.271 e. The lowest BCUT2D eigenvalue weighted by molar-refractivity contribution is -0.127. The molecule has 9 nitrogen and oxygen atoms in total. The Morgan fingerprint density at radius 2 is 2.17 bits per heavy atom. The molecule has 2 aromatic rings. The molecular formula is C26H33N5O4. The molecule has 1 aromatic carbocycles. The summed E-state index contributed by atoms with van der Waals surface area (Å²) in [5.74, 6) is -0.445. The van der Waals surface area contributed by atoms with Crippen molar-refractivity contribution in [3.05, 3.63) is 42.6 Å². The van der Waals surface area contributed by atoms with Crippen molar-refractivity contribution in [2.75, 3.05) is 20.2 Å². The standard InChI is InChI=1S/C26H33N5O4/c1-5-11-31(26(34)21-14-19-20(30-21)7-6-8-23(19)35-4)22(12-16(2)3)25(33)29-18(15-27)13-17-9-10-28-24(17)32/h5-8,14,16-18,22,30H,1,9-13H2,2-4H3,(H,28,32)(H,29,33)/t17-,18-,22-/m0/s1. The maximum absolute atomic E-state index is 13.6. The van der Waals surface area contributed by atoms with Crippen molar-refractivity contribution >= 4 is 28.6 Å². The topological polar surface area (TPSA) is 127 Å². The van der Waals surface area contributed by atoms with Gasteiger partial charge in [0, 0.05) is 29.9 Å². The summed E-state index contributed by atoms with van der Waals surface area (Å²) < 4.78 is 5.40. The van der Waals surface area contributed by atoms with Crippen LogP contribution in [0.5, 0.6) is 5.75 Å². The largest absolute Gasteiger partial charge is 0.496 e. The molecule has 1 aromatic heterocycles. The number of methoxy groups -OCH3 is 1. The van der Waals surface area contributed by atoms with E-state index in [1.165, 1.54) is 4.90 Å². The van der Waals surface area contributed by atoms with Crippen LogP contribution in [0.4, 0.5) is 0 Å². The van der Waals surface area contributed by atoms with Gasteiger partial charge in [-0.1, -0.05) is 26.0 Å². The minimum atomic E-state index is -0.830. The van der Waals surface area contributed by atoms with Gasteiger partial charge < -0.3 is 25.3 Å². The van der Waals surface area contributed by atoms with Crippen LogP contribution in [0.25, 0.3) is 10.9 Å². The number of amides is 3. The first-order chi connectivity index (χ1) is 16.8. The van der Waals surface area contributed by atoms with Crippen LogP contribution in [-0.2, 0) is 9.59 Å². The second-order valence-electron chi connectivity index (χ2n) is 9.20. The fraction of sp³-hybridized carbons (Fsp3) is 0.462. The van der Waals surface area contributed by atoms with Crippen LogP contribution in [0.1, 0.15) is 43.6 Å². The minimum Gasteiger partial charge on any atom is -0.496 e. The third-order valence-electron chi connectivity index (χ3n) is 6.19. The number of nitrogens with zero attached hydrogens (tertiary/aromatic N) is 2. The van der Waals surface area contributed by atoms with Crippen molar-refractivity contribution in [2.45, 2.75) is 45.2 Å². The number of hydrogen-bond acceptors (Lipinski definition) is 5. The van der Waals surface area contributed by atoms with Crippen molar-refractivity contribution < 1.29 is 19.1 Å². The van der Waals surface area contributed by atoms with Gasteiger partial charge in [-0.25, -0.2) is 0 Å². The average Bonchev–Trinajstić information content (AvgIpc) is 3.46. The number of nitriles is 1. The highest BCUT2D eigenvalue weighted by atomic mass is 16.5. The fourth-order valence-corrected chi connectivity index (χ4v) is 4.45. The Morgan fingerprint density at radius 3 is 2.77 bits per heavy atom. The lowest BCUT2D eigenvalue weighted by Crippen LogP contribution is -2.52. The fourth-order valence-electron chi connectivity index (χ4n) is 4.45. The van der Waals surface area contributed by atoms with Crippen LogP contribution in [-0.4, -0.2) is 59.9 Å². The SMILES string of the molecule is C=CCN(C(=O)c1cc2c(OC)cccc2[nH]1)[C@@H](CC(C)C)C(=O)N[C@H](C#N)C[C@@H]1CCNC1=O. The zero-order valence-electron chi connectivity index (χ0n) is 20.5. The lowest BCUT2D eigenvalue weighted by atomic mass is 9.97. The number of carbonyl (C=O) groups excluding carboxylic acids is 3. The van der Waals surface area contributed by atoms with E-state index in [-0.39, 0.29) is 36.6 Å².